The van der Waals surface area contributed by atoms with Gasteiger partial charge in [0.05, 0.1) is 5.52 Å². The summed E-state index contributed by atoms with van der Waals surface area (Å²) in [6, 6.07) is 10.8. The zero-order valence-electron chi connectivity index (χ0n) is 10.6. The number of aryl methyl sites for hydroxylation is 1. The third-order valence-electron chi connectivity index (χ3n) is 2.89. The molecule has 0 unspecified atom stereocenters. The predicted octanol–water partition coefficient (Wildman–Crippen LogP) is 3.17. The molecule has 2 aromatic heterocycles. The standard InChI is InChI=1S/C14H11ClN4O/c1-8-6-9(7-12(15)16-8)14(20)17-13-10-4-2-3-5-11(10)18-19-13/h2-7H,1H3,(H2,17,18,19,20). The Morgan fingerprint density at radius 3 is 2.90 bits per heavy atom. The molecule has 0 bridgehead atoms. The van der Waals surface area contributed by atoms with Crippen molar-refractivity contribution in [2.45, 2.75) is 6.92 Å². The van der Waals surface area contributed by atoms with Crippen molar-refractivity contribution in [1.29, 1.82) is 0 Å². The molecule has 0 aliphatic rings. The summed E-state index contributed by atoms with van der Waals surface area (Å²) in [5, 5.41) is 10.9. The Hall–Kier alpha value is -2.40. The smallest absolute Gasteiger partial charge is 0.257 e. The van der Waals surface area contributed by atoms with Gasteiger partial charge in [0.1, 0.15) is 5.15 Å². The average molecular weight is 287 g/mol. The number of carbonyl (C=O) groups excluding carboxylic acids is 1. The number of para-hydroxylation sites is 1. The molecule has 2 heterocycles. The average Bonchev–Trinajstić information content (AvgIpc) is 2.81. The molecule has 3 rings (SSSR count). The quantitative estimate of drug-likeness (QED) is 0.711. The lowest BCUT2D eigenvalue weighted by molar-refractivity contribution is 0.102. The number of pyridine rings is 1. The molecule has 1 amide bonds. The summed E-state index contributed by atoms with van der Waals surface area (Å²) >= 11 is 5.86. The number of rotatable bonds is 2. The summed E-state index contributed by atoms with van der Waals surface area (Å²) in [5.74, 6) is 0.228. The minimum absolute atomic E-state index is 0.269. The van der Waals surface area contributed by atoms with Crippen LogP contribution in [-0.4, -0.2) is 21.1 Å². The number of aromatic amines is 1. The van der Waals surface area contributed by atoms with Gasteiger partial charge in [-0.1, -0.05) is 23.7 Å². The maximum atomic E-state index is 12.2. The number of amides is 1. The van der Waals surface area contributed by atoms with Gasteiger partial charge >= 0.3 is 0 Å². The topological polar surface area (TPSA) is 70.7 Å². The first kappa shape index (κ1) is 12.6. The molecule has 6 heteroatoms. The van der Waals surface area contributed by atoms with Crippen LogP contribution in [0.1, 0.15) is 16.1 Å². The maximum absolute atomic E-state index is 12.2. The van der Waals surface area contributed by atoms with E-state index in [1.807, 2.05) is 24.3 Å². The van der Waals surface area contributed by atoms with E-state index in [1.54, 1.807) is 13.0 Å². The lowest BCUT2D eigenvalue weighted by atomic mass is 10.2. The van der Waals surface area contributed by atoms with Crippen LogP contribution in [0.25, 0.3) is 10.9 Å². The number of fused-ring (bicyclic) bond motifs is 1. The molecule has 0 saturated carbocycles. The lowest BCUT2D eigenvalue weighted by Gasteiger charge is -2.04. The molecule has 3 aromatic rings. The van der Waals surface area contributed by atoms with E-state index in [-0.39, 0.29) is 5.91 Å². The maximum Gasteiger partial charge on any atom is 0.257 e. The van der Waals surface area contributed by atoms with Gasteiger partial charge in [-0.2, -0.15) is 5.10 Å². The summed E-state index contributed by atoms with van der Waals surface area (Å²) in [7, 11) is 0. The van der Waals surface area contributed by atoms with Crippen LogP contribution in [0.5, 0.6) is 0 Å². The lowest BCUT2D eigenvalue weighted by Crippen LogP contribution is -2.13. The molecule has 0 spiro atoms. The third kappa shape index (κ3) is 2.35. The van der Waals surface area contributed by atoms with Gasteiger partial charge in [-0.15, -0.1) is 0 Å². The van der Waals surface area contributed by atoms with Crippen LogP contribution in [0.15, 0.2) is 36.4 Å². The fourth-order valence-corrected chi connectivity index (χ4v) is 2.25. The summed E-state index contributed by atoms with van der Waals surface area (Å²) in [6.07, 6.45) is 0. The Morgan fingerprint density at radius 1 is 1.30 bits per heavy atom. The fourth-order valence-electron chi connectivity index (χ4n) is 2.00. The second-order valence-corrected chi connectivity index (χ2v) is 4.78. The summed E-state index contributed by atoms with van der Waals surface area (Å²) in [4.78, 5) is 16.2. The van der Waals surface area contributed by atoms with Gasteiger partial charge in [0.15, 0.2) is 5.82 Å². The number of nitrogens with one attached hydrogen (secondary N) is 2. The van der Waals surface area contributed by atoms with Crippen LogP contribution in [-0.2, 0) is 0 Å². The normalized spacial score (nSPS) is 10.7. The van der Waals surface area contributed by atoms with Crippen molar-refractivity contribution in [3.8, 4) is 0 Å². The highest BCUT2D eigenvalue weighted by atomic mass is 35.5. The van der Waals surface area contributed by atoms with E-state index in [9.17, 15) is 4.79 Å². The van der Waals surface area contributed by atoms with Gasteiger partial charge in [-0.05, 0) is 31.2 Å². The van der Waals surface area contributed by atoms with Crippen LogP contribution in [0.3, 0.4) is 0 Å². The molecule has 0 aliphatic heterocycles. The van der Waals surface area contributed by atoms with Gasteiger partial charge in [0, 0.05) is 16.6 Å². The third-order valence-corrected chi connectivity index (χ3v) is 3.08. The highest BCUT2D eigenvalue weighted by Gasteiger charge is 2.12. The number of halogens is 1. The predicted molar refractivity (Wildman–Crippen MR) is 78.0 cm³/mol. The molecular weight excluding hydrogens is 276 g/mol. The van der Waals surface area contributed by atoms with Crippen molar-refractivity contribution >= 4 is 34.2 Å². The van der Waals surface area contributed by atoms with Gasteiger partial charge in [0.2, 0.25) is 0 Å². The molecule has 0 atom stereocenters. The van der Waals surface area contributed by atoms with Crippen molar-refractivity contribution in [3.05, 3.63) is 52.8 Å². The van der Waals surface area contributed by atoms with E-state index < -0.39 is 0 Å². The van der Waals surface area contributed by atoms with E-state index in [4.69, 9.17) is 11.6 Å². The molecule has 0 aliphatic carbocycles. The minimum atomic E-state index is -0.269. The molecule has 0 fully saturated rings. The van der Waals surface area contributed by atoms with Gasteiger partial charge in [0.25, 0.3) is 5.91 Å². The van der Waals surface area contributed by atoms with Crippen LogP contribution >= 0.6 is 11.6 Å². The van der Waals surface area contributed by atoms with Crippen molar-refractivity contribution < 1.29 is 4.79 Å². The van der Waals surface area contributed by atoms with E-state index in [1.165, 1.54) is 6.07 Å². The molecule has 5 nitrogen and oxygen atoms in total. The zero-order chi connectivity index (χ0) is 14.1. The van der Waals surface area contributed by atoms with Gasteiger partial charge < -0.3 is 5.32 Å². The van der Waals surface area contributed by atoms with Crippen molar-refractivity contribution in [3.63, 3.8) is 0 Å². The molecule has 0 radical (unpaired) electrons. The molecule has 100 valence electrons. The Balaban J connectivity index is 1.92. The largest absolute Gasteiger partial charge is 0.305 e. The number of hydrogen-bond acceptors (Lipinski definition) is 3. The molecule has 0 saturated heterocycles. The molecule has 1 aromatic carbocycles. The van der Waals surface area contributed by atoms with E-state index in [0.717, 1.165) is 10.9 Å². The van der Waals surface area contributed by atoms with Crippen LogP contribution in [0.4, 0.5) is 5.82 Å². The van der Waals surface area contributed by atoms with E-state index >= 15 is 0 Å². The monoisotopic (exact) mass is 286 g/mol. The second-order valence-electron chi connectivity index (χ2n) is 4.39. The van der Waals surface area contributed by atoms with Gasteiger partial charge in [-0.3, -0.25) is 9.89 Å². The Morgan fingerprint density at radius 2 is 2.10 bits per heavy atom. The zero-order valence-corrected chi connectivity index (χ0v) is 11.4. The van der Waals surface area contributed by atoms with E-state index in [2.05, 4.69) is 20.5 Å². The highest BCUT2D eigenvalue weighted by molar-refractivity contribution is 6.29. The summed E-state index contributed by atoms with van der Waals surface area (Å²) < 4.78 is 0. The van der Waals surface area contributed by atoms with Crippen molar-refractivity contribution in [2.75, 3.05) is 5.32 Å². The first-order chi connectivity index (χ1) is 9.63. The van der Waals surface area contributed by atoms with Gasteiger partial charge in [-0.25, -0.2) is 4.98 Å². The number of anilines is 1. The second kappa shape index (κ2) is 4.94. The minimum Gasteiger partial charge on any atom is -0.305 e. The first-order valence-corrected chi connectivity index (χ1v) is 6.40. The number of H-pyrrole nitrogens is 1. The number of carbonyl (C=O) groups is 1. The van der Waals surface area contributed by atoms with Crippen LogP contribution in [0, 0.1) is 6.92 Å². The SMILES string of the molecule is Cc1cc(C(=O)Nc2n[nH]c3ccccc23)cc(Cl)n1. The number of benzene rings is 1. The molecule has 20 heavy (non-hydrogen) atoms. The highest BCUT2D eigenvalue weighted by Crippen LogP contribution is 2.20. The number of hydrogen-bond donors (Lipinski definition) is 2. The number of aromatic nitrogens is 3. The Labute approximate surface area is 120 Å². The molecule has 2 N–H and O–H groups in total. The van der Waals surface area contributed by atoms with Crippen molar-refractivity contribution in [2.24, 2.45) is 0 Å². The summed E-state index contributed by atoms with van der Waals surface area (Å²) in [5.41, 5.74) is 2.01. The Bertz CT molecular complexity index is 776. The number of nitrogens with zero attached hydrogens (tertiary/aromatic N) is 2. The van der Waals surface area contributed by atoms with Crippen LogP contribution < -0.4 is 5.32 Å². The Kier molecular flexibility index (Phi) is 3.12. The molecular formula is C14H11ClN4O. The first-order valence-electron chi connectivity index (χ1n) is 6.02. The van der Waals surface area contributed by atoms with E-state index in [0.29, 0.717) is 22.2 Å². The summed E-state index contributed by atoms with van der Waals surface area (Å²) in [6.45, 7) is 1.78. The fraction of sp³-hybridized carbons (Fsp3) is 0.0714. The van der Waals surface area contributed by atoms with Crippen molar-refractivity contribution in [1.82, 2.24) is 15.2 Å². The van der Waals surface area contributed by atoms with Crippen LogP contribution in [0.2, 0.25) is 5.15 Å².